The van der Waals surface area contributed by atoms with E-state index in [1.54, 1.807) is 6.20 Å². The highest BCUT2D eigenvalue weighted by atomic mass is 32.2. The van der Waals surface area contributed by atoms with Gasteiger partial charge in [-0.15, -0.1) is 0 Å². The van der Waals surface area contributed by atoms with Crippen LogP contribution in [0.15, 0.2) is 17.6 Å². The highest BCUT2D eigenvalue weighted by Gasteiger charge is 2.21. The minimum Gasteiger partial charge on any atom is -0.351 e. The van der Waals surface area contributed by atoms with Crippen LogP contribution in [0.25, 0.3) is 0 Å². The van der Waals surface area contributed by atoms with Crippen LogP contribution in [-0.2, 0) is 11.8 Å². The molecule has 0 radical (unpaired) electrons. The van der Waals surface area contributed by atoms with E-state index in [9.17, 15) is 4.79 Å². The summed E-state index contributed by atoms with van der Waals surface area (Å²) in [5, 5.41) is 3.67. The van der Waals surface area contributed by atoms with Crippen molar-refractivity contribution in [3.8, 4) is 0 Å². The third kappa shape index (κ3) is 3.89. The van der Waals surface area contributed by atoms with E-state index >= 15 is 0 Å². The number of nitrogens with zero attached hydrogens (tertiary/aromatic N) is 2. The fourth-order valence-corrected chi connectivity index (χ4v) is 1.98. The molecule has 0 saturated heterocycles. The number of hydrogen-bond donors (Lipinski definition) is 1. The second kappa shape index (κ2) is 4.91. The maximum absolute atomic E-state index is 11.8. The summed E-state index contributed by atoms with van der Waals surface area (Å²) in [6.45, 7) is 7.82. The van der Waals surface area contributed by atoms with Crippen molar-refractivity contribution in [3.63, 3.8) is 0 Å². The number of nitrogens with one attached hydrogen (secondary N) is 1. The quantitative estimate of drug-likeness (QED) is 0.821. The van der Waals surface area contributed by atoms with Crippen LogP contribution in [0.5, 0.6) is 0 Å². The largest absolute Gasteiger partial charge is 0.351 e. The van der Waals surface area contributed by atoms with Gasteiger partial charge < -0.3 is 9.88 Å². The highest BCUT2D eigenvalue weighted by molar-refractivity contribution is 8.00. The highest BCUT2D eigenvalue weighted by Crippen LogP contribution is 2.21. The van der Waals surface area contributed by atoms with Crippen LogP contribution in [0.4, 0.5) is 0 Å². The predicted octanol–water partition coefficient (Wildman–Crippen LogP) is 1.82. The van der Waals surface area contributed by atoms with E-state index in [4.69, 9.17) is 0 Å². The van der Waals surface area contributed by atoms with Crippen LogP contribution in [0, 0.1) is 0 Å². The molecule has 1 N–H and O–H groups in total. The molecular weight excluding hydrogens is 222 g/mol. The Balaban J connectivity index is 2.56. The van der Waals surface area contributed by atoms with Crippen molar-refractivity contribution in [2.24, 2.45) is 7.05 Å². The molecule has 0 fully saturated rings. The Morgan fingerprint density at radius 2 is 2.19 bits per heavy atom. The number of rotatable bonds is 3. The van der Waals surface area contributed by atoms with Gasteiger partial charge in [-0.1, -0.05) is 11.8 Å². The Labute approximate surface area is 101 Å². The Bertz CT molecular complexity index is 368. The van der Waals surface area contributed by atoms with Crippen LogP contribution in [0.1, 0.15) is 27.7 Å². The standard InChI is InChI=1S/C11H19N3OS/c1-8(9(15)13-11(2,3)4)16-10-12-6-7-14(10)5/h6-8H,1-5H3,(H,13,15). The summed E-state index contributed by atoms with van der Waals surface area (Å²) in [6, 6.07) is 0. The van der Waals surface area contributed by atoms with Gasteiger partial charge in [0.15, 0.2) is 5.16 Å². The first kappa shape index (κ1) is 13.1. The van der Waals surface area contributed by atoms with E-state index in [1.165, 1.54) is 11.8 Å². The minimum absolute atomic E-state index is 0.0421. The molecule has 1 aromatic heterocycles. The summed E-state index contributed by atoms with van der Waals surface area (Å²) < 4.78 is 1.91. The zero-order chi connectivity index (χ0) is 12.3. The van der Waals surface area contributed by atoms with Crippen molar-refractivity contribution in [2.45, 2.75) is 43.6 Å². The zero-order valence-corrected chi connectivity index (χ0v) is 11.3. The van der Waals surface area contributed by atoms with Gasteiger partial charge >= 0.3 is 0 Å². The second-order valence-corrected chi connectivity index (χ2v) is 6.13. The predicted molar refractivity (Wildman–Crippen MR) is 66.4 cm³/mol. The van der Waals surface area contributed by atoms with Crippen molar-refractivity contribution in [1.82, 2.24) is 14.9 Å². The molecule has 1 unspecified atom stereocenters. The number of aryl methyl sites for hydroxylation is 1. The fraction of sp³-hybridized carbons (Fsp3) is 0.636. The van der Waals surface area contributed by atoms with Crippen LogP contribution in [0.3, 0.4) is 0 Å². The first-order valence-electron chi connectivity index (χ1n) is 5.25. The average molecular weight is 241 g/mol. The lowest BCUT2D eigenvalue weighted by molar-refractivity contribution is -0.121. The Morgan fingerprint density at radius 3 is 2.62 bits per heavy atom. The van der Waals surface area contributed by atoms with E-state index in [0.29, 0.717) is 0 Å². The Kier molecular flexibility index (Phi) is 4.02. The fourth-order valence-electron chi connectivity index (χ4n) is 1.15. The van der Waals surface area contributed by atoms with Crippen LogP contribution in [-0.4, -0.2) is 26.2 Å². The number of carbonyl (C=O) groups excluding carboxylic acids is 1. The zero-order valence-electron chi connectivity index (χ0n) is 10.4. The monoisotopic (exact) mass is 241 g/mol. The van der Waals surface area contributed by atoms with Gasteiger partial charge in [-0.25, -0.2) is 4.98 Å². The van der Waals surface area contributed by atoms with E-state index in [-0.39, 0.29) is 16.7 Å². The minimum atomic E-state index is -0.187. The molecule has 90 valence electrons. The van der Waals surface area contributed by atoms with Crippen molar-refractivity contribution in [3.05, 3.63) is 12.4 Å². The average Bonchev–Trinajstić information content (AvgIpc) is 2.49. The third-order valence-corrected chi connectivity index (χ3v) is 3.10. The number of amides is 1. The molecule has 0 spiro atoms. The van der Waals surface area contributed by atoms with E-state index in [1.807, 2.05) is 45.5 Å². The topological polar surface area (TPSA) is 46.9 Å². The van der Waals surface area contributed by atoms with E-state index in [2.05, 4.69) is 10.3 Å². The van der Waals surface area contributed by atoms with Crippen LogP contribution < -0.4 is 5.32 Å². The van der Waals surface area contributed by atoms with Gasteiger partial charge in [0.05, 0.1) is 5.25 Å². The second-order valence-electron chi connectivity index (χ2n) is 4.82. The smallest absolute Gasteiger partial charge is 0.233 e. The molecule has 0 aliphatic heterocycles. The Morgan fingerprint density at radius 1 is 1.56 bits per heavy atom. The van der Waals surface area contributed by atoms with Crippen LogP contribution in [0.2, 0.25) is 0 Å². The lowest BCUT2D eigenvalue weighted by atomic mass is 10.1. The molecule has 1 heterocycles. The van der Waals surface area contributed by atoms with Crippen LogP contribution >= 0.6 is 11.8 Å². The molecule has 0 aliphatic carbocycles. The summed E-state index contributed by atoms with van der Waals surface area (Å²) in [7, 11) is 1.92. The summed E-state index contributed by atoms with van der Waals surface area (Å²) in [5.74, 6) is 0.0421. The molecular formula is C11H19N3OS. The normalized spacial score (nSPS) is 13.6. The SMILES string of the molecule is CC(Sc1nccn1C)C(=O)NC(C)(C)C. The number of thioether (sulfide) groups is 1. The first-order chi connectivity index (χ1) is 7.29. The molecule has 0 aliphatic rings. The third-order valence-electron chi connectivity index (χ3n) is 1.93. The van der Waals surface area contributed by atoms with Crippen molar-refractivity contribution < 1.29 is 4.79 Å². The molecule has 1 amide bonds. The van der Waals surface area contributed by atoms with Crippen molar-refractivity contribution >= 4 is 17.7 Å². The molecule has 1 aromatic rings. The number of aromatic nitrogens is 2. The molecule has 0 bridgehead atoms. The summed E-state index contributed by atoms with van der Waals surface area (Å²) in [4.78, 5) is 16.0. The Hall–Kier alpha value is -0.970. The molecule has 1 rings (SSSR count). The van der Waals surface area contributed by atoms with E-state index in [0.717, 1.165) is 5.16 Å². The molecule has 1 atom stereocenters. The molecule has 5 heteroatoms. The number of hydrogen-bond acceptors (Lipinski definition) is 3. The van der Waals surface area contributed by atoms with Gasteiger partial charge in [0.1, 0.15) is 0 Å². The van der Waals surface area contributed by atoms with Gasteiger partial charge in [0.2, 0.25) is 5.91 Å². The van der Waals surface area contributed by atoms with Gasteiger partial charge in [-0.3, -0.25) is 4.79 Å². The molecule has 0 aromatic carbocycles. The van der Waals surface area contributed by atoms with Gasteiger partial charge in [0, 0.05) is 25.0 Å². The van der Waals surface area contributed by atoms with Crippen molar-refractivity contribution in [2.75, 3.05) is 0 Å². The maximum Gasteiger partial charge on any atom is 0.233 e. The summed E-state index contributed by atoms with van der Waals surface area (Å²) in [6.07, 6.45) is 3.60. The lowest BCUT2D eigenvalue weighted by Gasteiger charge is -2.22. The number of carbonyl (C=O) groups is 1. The molecule has 16 heavy (non-hydrogen) atoms. The molecule has 0 saturated carbocycles. The molecule has 4 nitrogen and oxygen atoms in total. The van der Waals surface area contributed by atoms with E-state index < -0.39 is 0 Å². The maximum atomic E-state index is 11.8. The number of imidazole rings is 1. The van der Waals surface area contributed by atoms with Gasteiger partial charge in [-0.2, -0.15) is 0 Å². The van der Waals surface area contributed by atoms with Crippen molar-refractivity contribution in [1.29, 1.82) is 0 Å². The summed E-state index contributed by atoms with van der Waals surface area (Å²) in [5.41, 5.74) is -0.187. The van der Waals surface area contributed by atoms with Gasteiger partial charge in [-0.05, 0) is 27.7 Å². The summed E-state index contributed by atoms with van der Waals surface area (Å²) >= 11 is 1.47. The first-order valence-corrected chi connectivity index (χ1v) is 6.13. The van der Waals surface area contributed by atoms with Gasteiger partial charge in [0.25, 0.3) is 0 Å². The lowest BCUT2D eigenvalue weighted by Crippen LogP contribution is -2.44.